The first-order valence-electron chi connectivity index (χ1n) is 9.52. The minimum absolute atomic E-state index is 0.0841. The first-order chi connectivity index (χ1) is 11.3. The number of amides is 1. The normalized spacial score (nSPS) is 20.9. The summed E-state index contributed by atoms with van der Waals surface area (Å²) in [6.45, 7) is 2.18. The molecule has 1 rings (SSSR count). The monoisotopic (exact) mass is 325 g/mol. The molecule has 0 saturated carbocycles. The van der Waals surface area contributed by atoms with Gasteiger partial charge in [-0.1, -0.05) is 77.2 Å². The van der Waals surface area contributed by atoms with Crippen LogP contribution in [-0.2, 0) is 4.74 Å². The van der Waals surface area contributed by atoms with E-state index in [0.29, 0.717) is 0 Å². The number of allylic oxidation sites excluding steroid dienone is 1. The second kappa shape index (κ2) is 13.4. The molecule has 4 heteroatoms. The molecule has 0 unspecified atom stereocenters. The molecule has 1 aliphatic rings. The van der Waals surface area contributed by atoms with E-state index in [2.05, 4.69) is 18.3 Å². The van der Waals surface area contributed by atoms with Gasteiger partial charge in [-0.25, -0.2) is 4.79 Å². The maximum atomic E-state index is 11.1. The van der Waals surface area contributed by atoms with E-state index in [1.807, 2.05) is 6.08 Å². The maximum Gasteiger partial charge on any atom is 0.408 e. The molecule has 1 fully saturated rings. The zero-order valence-corrected chi connectivity index (χ0v) is 14.8. The summed E-state index contributed by atoms with van der Waals surface area (Å²) in [6, 6.07) is -0.295. The summed E-state index contributed by atoms with van der Waals surface area (Å²) in [7, 11) is 0. The molecular weight excluding hydrogens is 290 g/mol. The molecule has 1 heterocycles. The van der Waals surface area contributed by atoms with Gasteiger partial charge < -0.3 is 15.2 Å². The fraction of sp³-hybridized carbons (Fsp3) is 0.842. The zero-order chi connectivity index (χ0) is 16.8. The van der Waals surface area contributed by atoms with Crippen molar-refractivity contribution in [3.8, 4) is 0 Å². The van der Waals surface area contributed by atoms with E-state index in [1.165, 1.54) is 70.6 Å². The standard InChI is InChI=1S/C19H35NO3/c1-2-3-4-5-6-7-8-9-10-11-12-13-14-15-18-17(16-21)20-19(22)23-18/h14-15,17-18,21H,2-13,16H2,1H3,(H,20,22)/b15-14+/t17-,18+/m0/s1. The highest BCUT2D eigenvalue weighted by atomic mass is 16.6. The molecule has 0 aromatic carbocycles. The number of hydrogen-bond donors (Lipinski definition) is 2. The topological polar surface area (TPSA) is 58.6 Å². The Bertz CT molecular complexity index is 331. The van der Waals surface area contributed by atoms with Crippen LogP contribution in [0.15, 0.2) is 12.2 Å². The summed E-state index contributed by atoms with van der Waals surface area (Å²) in [6.07, 6.45) is 19.1. The quantitative estimate of drug-likeness (QED) is 0.359. The Morgan fingerprint density at radius 2 is 1.57 bits per heavy atom. The lowest BCUT2D eigenvalue weighted by atomic mass is 10.0. The van der Waals surface area contributed by atoms with E-state index in [4.69, 9.17) is 9.84 Å². The van der Waals surface area contributed by atoms with E-state index in [0.717, 1.165) is 6.42 Å². The van der Waals surface area contributed by atoms with Gasteiger partial charge in [-0.15, -0.1) is 0 Å². The number of hydrogen-bond acceptors (Lipinski definition) is 3. The summed E-state index contributed by atoms with van der Waals surface area (Å²) >= 11 is 0. The maximum absolute atomic E-state index is 11.1. The van der Waals surface area contributed by atoms with Crippen LogP contribution in [0, 0.1) is 0 Å². The molecule has 4 nitrogen and oxygen atoms in total. The fourth-order valence-electron chi connectivity index (χ4n) is 2.95. The summed E-state index contributed by atoms with van der Waals surface area (Å²) in [4.78, 5) is 11.1. The fourth-order valence-corrected chi connectivity index (χ4v) is 2.95. The minimum atomic E-state index is -0.437. The average molecular weight is 325 g/mol. The number of nitrogens with one attached hydrogen (secondary N) is 1. The second-order valence-corrected chi connectivity index (χ2v) is 6.56. The first-order valence-corrected chi connectivity index (χ1v) is 9.52. The predicted octanol–water partition coefficient (Wildman–Crippen LogP) is 4.71. The van der Waals surface area contributed by atoms with Crippen molar-refractivity contribution >= 4 is 6.09 Å². The van der Waals surface area contributed by atoms with Crippen LogP contribution in [-0.4, -0.2) is 30.0 Å². The lowest BCUT2D eigenvalue weighted by molar-refractivity contribution is 0.143. The number of carbonyl (C=O) groups excluding carboxylic acids is 1. The smallest absolute Gasteiger partial charge is 0.408 e. The summed E-state index contributed by atoms with van der Waals surface area (Å²) < 4.78 is 5.08. The average Bonchev–Trinajstić information content (AvgIpc) is 2.91. The van der Waals surface area contributed by atoms with E-state index in [9.17, 15) is 4.79 Å². The molecular formula is C19H35NO3. The SMILES string of the molecule is CCCCCCCCCCCCC/C=C/[C@H]1OC(=O)N[C@H]1CO. The third kappa shape index (κ3) is 9.65. The van der Waals surface area contributed by atoms with Crippen LogP contribution in [0.3, 0.4) is 0 Å². The van der Waals surface area contributed by atoms with Crippen molar-refractivity contribution in [2.75, 3.05) is 6.61 Å². The number of cyclic esters (lactones) is 1. The molecule has 1 aliphatic heterocycles. The summed E-state index contributed by atoms with van der Waals surface area (Å²) in [5.41, 5.74) is 0. The number of alkyl carbamates (subject to hydrolysis) is 1. The third-order valence-corrected chi connectivity index (χ3v) is 4.44. The van der Waals surface area contributed by atoms with Gasteiger partial charge in [-0.05, 0) is 18.9 Å². The van der Waals surface area contributed by atoms with Gasteiger partial charge in [0.1, 0.15) is 6.10 Å². The first kappa shape index (κ1) is 20.0. The molecule has 0 spiro atoms. The van der Waals surface area contributed by atoms with Gasteiger partial charge in [0, 0.05) is 0 Å². The van der Waals surface area contributed by atoms with E-state index >= 15 is 0 Å². The van der Waals surface area contributed by atoms with Crippen molar-refractivity contribution < 1.29 is 14.6 Å². The van der Waals surface area contributed by atoms with Crippen LogP contribution in [0.4, 0.5) is 4.79 Å². The van der Waals surface area contributed by atoms with Crippen molar-refractivity contribution in [3.63, 3.8) is 0 Å². The molecule has 0 bridgehead atoms. The molecule has 23 heavy (non-hydrogen) atoms. The number of aliphatic hydroxyl groups is 1. The van der Waals surface area contributed by atoms with Crippen LogP contribution in [0.5, 0.6) is 0 Å². The Labute approximate surface area is 141 Å². The van der Waals surface area contributed by atoms with Gasteiger partial charge in [-0.3, -0.25) is 0 Å². The second-order valence-electron chi connectivity index (χ2n) is 6.56. The van der Waals surface area contributed by atoms with Crippen molar-refractivity contribution in [2.24, 2.45) is 0 Å². The summed E-state index contributed by atoms with van der Waals surface area (Å²) in [5, 5.41) is 11.7. The highest BCUT2D eigenvalue weighted by Crippen LogP contribution is 2.13. The van der Waals surface area contributed by atoms with Gasteiger partial charge in [0.15, 0.2) is 0 Å². The van der Waals surface area contributed by atoms with E-state index < -0.39 is 6.09 Å². The van der Waals surface area contributed by atoms with Gasteiger partial charge in [0.2, 0.25) is 0 Å². The molecule has 2 N–H and O–H groups in total. The third-order valence-electron chi connectivity index (χ3n) is 4.44. The van der Waals surface area contributed by atoms with Crippen molar-refractivity contribution in [3.05, 3.63) is 12.2 Å². The van der Waals surface area contributed by atoms with Gasteiger partial charge in [0.05, 0.1) is 12.6 Å². The highest BCUT2D eigenvalue weighted by molar-refractivity contribution is 5.70. The van der Waals surface area contributed by atoms with Crippen LogP contribution in [0.2, 0.25) is 0 Å². The van der Waals surface area contributed by atoms with Gasteiger partial charge in [0.25, 0.3) is 0 Å². The highest BCUT2D eigenvalue weighted by Gasteiger charge is 2.31. The zero-order valence-electron chi connectivity index (χ0n) is 14.8. The molecule has 134 valence electrons. The van der Waals surface area contributed by atoms with Crippen LogP contribution < -0.4 is 5.32 Å². The Balaban J connectivity index is 1.88. The molecule has 0 radical (unpaired) electrons. The van der Waals surface area contributed by atoms with Crippen molar-refractivity contribution in [1.82, 2.24) is 5.32 Å². The minimum Gasteiger partial charge on any atom is -0.440 e. The predicted molar refractivity (Wildman–Crippen MR) is 94.5 cm³/mol. The Hall–Kier alpha value is -1.03. The Morgan fingerprint density at radius 1 is 1.00 bits per heavy atom. The van der Waals surface area contributed by atoms with Gasteiger partial charge >= 0.3 is 6.09 Å². The molecule has 1 amide bonds. The Morgan fingerprint density at radius 3 is 2.13 bits per heavy atom. The van der Waals surface area contributed by atoms with Crippen molar-refractivity contribution in [1.29, 1.82) is 0 Å². The van der Waals surface area contributed by atoms with E-state index in [1.54, 1.807) is 0 Å². The molecule has 0 aromatic rings. The molecule has 1 saturated heterocycles. The summed E-state index contributed by atoms with van der Waals surface area (Å²) in [5.74, 6) is 0. The Kier molecular flexibility index (Phi) is 11.7. The number of unbranched alkanes of at least 4 members (excludes halogenated alkanes) is 11. The number of carbonyl (C=O) groups is 1. The van der Waals surface area contributed by atoms with Crippen LogP contribution in [0.1, 0.15) is 84.0 Å². The lowest BCUT2D eigenvalue weighted by Gasteiger charge is -2.09. The van der Waals surface area contributed by atoms with Gasteiger partial charge in [-0.2, -0.15) is 0 Å². The number of aliphatic hydroxyl groups excluding tert-OH is 1. The van der Waals surface area contributed by atoms with Crippen LogP contribution in [0.25, 0.3) is 0 Å². The van der Waals surface area contributed by atoms with E-state index in [-0.39, 0.29) is 18.8 Å². The number of rotatable bonds is 14. The van der Waals surface area contributed by atoms with Crippen LogP contribution >= 0.6 is 0 Å². The lowest BCUT2D eigenvalue weighted by Crippen LogP contribution is -2.33. The largest absolute Gasteiger partial charge is 0.440 e. The van der Waals surface area contributed by atoms with Crippen molar-refractivity contribution in [2.45, 2.75) is 96.1 Å². The molecule has 2 atom stereocenters. The number of ether oxygens (including phenoxy) is 1. The molecule has 0 aromatic heterocycles. The molecule has 0 aliphatic carbocycles.